The predicted molar refractivity (Wildman–Crippen MR) is 188 cm³/mol. The number of nitrogens with one attached hydrogen (secondary N) is 7. The van der Waals surface area contributed by atoms with Crippen molar-refractivity contribution in [1.29, 1.82) is 0 Å². The van der Waals surface area contributed by atoms with Gasteiger partial charge in [0.05, 0.1) is 32.0 Å². The van der Waals surface area contributed by atoms with E-state index in [1.807, 2.05) is 0 Å². The molecule has 8 atom stereocenters. The summed E-state index contributed by atoms with van der Waals surface area (Å²) in [7, 11) is 0. The Labute approximate surface area is 310 Å². The lowest BCUT2D eigenvalue weighted by Crippen LogP contribution is -2.62. The molecule has 0 bridgehead atoms. The minimum atomic E-state index is -1.79. The third-order valence-electron chi connectivity index (χ3n) is 8.42. The van der Waals surface area contributed by atoms with Gasteiger partial charge in [-0.1, -0.05) is 30.3 Å². The highest BCUT2D eigenvalue weighted by atomic mass is 16.3. The maximum Gasteiger partial charge on any atom is 0.245 e. The molecule has 8 amide bonds. The quantitative estimate of drug-likeness (QED) is 0.0943. The summed E-state index contributed by atoms with van der Waals surface area (Å²) in [6, 6.07) is -1.96. The SMILES string of the molecule is C[C@@H](O)[C@@H]1NC(=O)C(N[C@@H](CO)C(N)=O)CCC(=O)NCCCCC(C(=O)N[C@@H](Cc2ccccc2)C(N)=O)NC(=O)C(CO)NC(=O)[C@H](CO)NC1=O. The van der Waals surface area contributed by atoms with E-state index in [0.29, 0.717) is 5.56 Å². The molecule has 0 spiro atoms. The zero-order valence-electron chi connectivity index (χ0n) is 29.8. The van der Waals surface area contributed by atoms with Gasteiger partial charge in [-0.25, -0.2) is 0 Å². The number of hydrogen-bond acceptors (Lipinski definition) is 13. The number of rotatable bonds is 12. The van der Waals surface area contributed by atoms with Crippen LogP contribution in [0.3, 0.4) is 0 Å². The van der Waals surface area contributed by atoms with Gasteiger partial charge >= 0.3 is 0 Å². The van der Waals surface area contributed by atoms with Crippen LogP contribution in [0.5, 0.6) is 0 Å². The smallest absolute Gasteiger partial charge is 0.245 e. The lowest BCUT2D eigenvalue weighted by atomic mass is 10.0. The zero-order valence-corrected chi connectivity index (χ0v) is 29.8. The minimum Gasteiger partial charge on any atom is -0.394 e. The van der Waals surface area contributed by atoms with Crippen LogP contribution in [-0.4, -0.2) is 142 Å². The van der Waals surface area contributed by atoms with Crippen LogP contribution in [0.4, 0.5) is 0 Å². The second kappa shape index (κ2) is 22.8. The van der Waals surface area contributed by atoms with Gasteiger partial charge in [0.1, 0.15) is 36.3 Å². The molecule has 3 unspecified atom stereocenters. The first-order valence-corrected chi connectivity index (χ1v) is 17.3. The van der Waals surface area contributed by atoms with Crippen LogP contribution in [0.1, 0.15) is 44.6 Å². The van der Waals surface area contributed by atoms with Crippen molar-refractivity contribution in [2.75, 3.05) is 26.4 Å². The zero-order chi connectivity index (χ0) is 40.4. The molecular weight excluding hydrogens is 714 g/mol. The van der Waals surface area contributed by atoms with E-state index in [1.54, 1.807) is 30.3 Å². The van der Waals surface area contributed by atoms with Crippen LogP contribution in [0.15, 0.2) is 30.3 Å². The summed E-state index contributed by atoms with van der Waals surface area (Å²) in [6.07, 6.45) is -1.71. The van der Waals surface area contributed by atoms with Gasteiger partial charge in [0.25, 0.3) is 0 Å². The molecule has 15 N–H and O–H groups in total. The average Bonchev–Trinajstić information content (AvgIpc) is 3.13. The van der Waals surface area contributed by atoms with Crippen molar-refractivity contribution in [2.45, 2.75) is 93.8 Å². The van der Waals surface area contributed by atoms with Crippen LogP contribution in [0.2, 0.25) is 0 Å². The molecule has 300 valence electrons. The van der Waals surface area contributed by atoms with Crippen LogP contribution in [0, 0.1) is 0 Å². The normalized spacial score (nSPS) is 24.5. The first-order chi connectivity index (χ1) is 25.6. The lowest BCUT2D eigenvalue weighted by Gasteiger charge is -2.28. The fourth-order valence-corrected chi connectivity index (χ4v) is 5.29. The van der Waals surface area contributed by atoms with E-state index in [-0.39, 0.29) is 45.1 Å². The van der Waals surface area contributed by atoms with Crippen molar-refractivity contribution in [3.05, 3.63) is 35.9 Å². The maximum absolute atomic E-state index is 13.5. The molecule has 0 saturated carbocycles. The summed E-state index contributed by atoms with van der Waals surface area (Å²) in [4.78, 5) is 103. The van der Waals surface area contributed by atoms with Gasteiger partial charge in [0.2, 0.25) is 47.3 Å². The molecule has 1 aliphatic heterocycles. The van der Waals surface area contributed by atoms with E-state index in [9.17, 15) is 58.8 Å². The van der Waals surface area contributed by atoms with Crippen molar-refractivity contribution >= 4 is 47.3 Å². The molecule has 0 radical (unpaired) electrons. The number of benzene rings is 1. The molecule has 0 aromatic heterocycles. The number of amides is 8. The molecule has 1 heterocycles. The molecular formula is C33H51N9O12. The predicted octanol–water partition coefficient (Wildman–Crippen LogP) is -6.61. The van der Waals surface area contributed by atoms with Gasteiger partial charge in [-0.05, 0) is 38.2 Å². The number of carbonyl (C=O) groups is 8. The third kappa shape index (κ3) is 14.7. The summed E-state index contributed by atoms with van der Waals surface area (Å²) in [5, 5.41) is 56.5. The molecule has 1 fully saturated rings. The highest BCUT2D eigenvalue weighted by molar-refractivity contribution is 5.97. The largest absolute Gasteiger partial charge is 0.394 e. The number of aliphatic hydroxyl groups excluding tert-OH is 4. The highest BCUT2D eigenvalue weighted by Gasteiger charge is 2.35. The van der Waals surface area contributed by atoms with E-state index in [1.165, 1.54) is 0 Å². The van der Waals surface area contributed by atoms with Crippen molar-refractivity contribution in [1.82, 2.24) is 37.2 Å². The molecule has 21 heteroatoms. The van der Waals surface area contributed by atoms with E-state index in [0.717, 1.165) is 6.92 Å². The summed E-state index contributed by atoms with van der Waals surface area (Å²) in [6.45, 7) is -1.66. The average molecular weight is 766 g/mol. The molecule has 1 aromatic rings. The Balaban J connectivity index is 2.39. The van der Waals surface area contributed by atoms with Crippen molar-refractivity contribution in [2.24, 2.45) is 11.5 Å². The second-order valence-electron chi connectivity index (χ2n) is 12.7. The van der Waals surface area contributed by atoms with Crippen LogP contribution < -0.4 is 48.7 Å². The number of aliphatic hydroxyl groups is 4. The van der Waals surface area contributed by atoms with E-state index in [2.05, 4.69) is 37.2 Å². The van der Waals surface area contributed by atoms with Gasteiger partial charge in [-0.15, -0.1) is 0 Å². The van der Waals surface area contributed by atoms with Crippen molar-refractivity contribution in [3.63, 3.8) is 0 Å². The maximum atomic E-state index is 13.5. The highest BCUT2D eigenvalue weighted by Crippen LogP contribution is 2.08. The Hall–Kier alpha value is -5.22. The summed E-state index contributed by atoms with van der Waals surface area (Å²) in [5.74, 6) is -7.62. The number of carbonyl (C=O) groups excluding carboxylic acids is 8. The first kappa shape index (κ1) is 44.9. The Bertz CT molecular complexity index is 1470. The molecule has 1 aliphatic rings. The van der Waals surface area contributed by atoms with Crippen molar-refractivity contribution in [3.8, 4) is 0 Å². The molecule has 2 rings (SSSR count). The van der Waals surface area contributed by atoms with E-state index >= 15 is 0 Å². The van der Waals surface area contributed by atoms with E-state index < -0.39 is 115 Å². The molecule has 54 heavy (non-hydrogen) atoms. The Morgan fingerprint density at radius 1 is 0.796 bits per heavy atom. The monoisotopic (exact) mass is 765 g/mol. The summed E-state index contributed by atoms with van der Waals surface area (Å²) in [5.41, 5.74) is 11.5. The topological polar surface area (TPSA) is 354 Å². The molecule has 1 saturated heterocycles. The second-order valence-corrected chi connectivity index (χ2v) is 12.7. The Morgan fingerprint density at radius 2 is 1.39 bits per heavy atom. The summed E-state index contributed by atoms with van der Waals surface area (Å²) >= 11 is 0. The Kier molecular flexibility index (Phi) is 18.9. The molecule has 1 aromatic carbocycles. The number of nitrogens with two attached hydrogens (primary N) is 2. The fourth-order valence-electron chi connectivity index (χ4n) is 5.29. The molecule has 0 aliphatic carbocycles. The fraction of sp³-hybridized carbons (Fsp3) is 0.576. The van der Waals surface area contributed by atoms with Crippen molar-refractivity contribution < 1.29 is 58.8 Å². The number of hydrogen-bond donors (Lipinski definition) is 13. The summed E-state index contributed by atoms with van der Waals surface area (Å²) < 4.78 is 0. The van der Waals surface area contributed by atoms with Crippen LogP contribution in [-0.2, 0) is 44.8 Å². The van der Waals surface area contributed by atoms with Gasteiger partial charge < -0.3 is 63.8 Å². The number of primary amides is 2. The standard InChI is InChI=1S/C33H51N9O12/c1-17(46)26-33(54)41-24(16-45)32(53)40-23(15-44)31(52)38-19(29(50)39-21(27(34)48)13-18-7-3-2-4-8-18)9-5-6-12-36-25(47)11-10-20(30(51)42-26)37-22(14-43)28(35)49/h2-4,7-8,17,19-24,26,37,43-46H,5-6,9-16H2,1H3,(H2,34,48)(H2,35,49)(H,36,47)(H,38,52)(H,39,50)(H,40,53)(H,41,54)(H,42,51)/t17-,19?,20?,21+,22+,23?,24+,26+/m1/s1. The lowest BCUT2D eigenvalue weighted by molar-refractivity contribution is -0.137. The minimum absolute atomic E-state index is 0.0365. The van der Waals surface area contributed by atoms with E-state index in [4.69, 9.17) is 11.5 Å². The van der Waals surface area contributed by atoms with Crippen LogP contribution >= 0.6 is 0 Å². The van der Waals surface area contributed by atoms with Gasteiger partial charge in [-0.2, -0.15) is 0 Å². The molecule has 21 nitrogen and oxygen atoms in total. The van der Waals surface area contributed by atoms with Gasteiger partial charge in [0, 0.05) is 19.4 Å². The third-order valence-corrected chi connectivity index (χ3v) is 8.42. The van der Waals surface area contributed by atoms with Crippen LogP contribution in [0.25, 0.3) is 0 Å². The van der Waals surface area contributed by atoms with Gasteiger partial charge in [-0.3, -0.25) is 43.7 Å². The first-order valence-electron chi connectivity index (χ1n) is 17.3. The van der Waals surface area contributed by atoms with Gasteiger partial charge in [0.15, 0.2) is 0 Å². The Morgan fingerprint density at radius 3 is 1.94 bits per heavy atom.